The lowest BCUT2D eigenvalue weighted by Gasteiger charge is -2.18. The summed E-state index contributed by atoms with van der Waals surface area (Å²) in [6, 6.07) is 0. The molecule has 0 rings (SSSR count). The van der Waals surface area contributed by atoms with E-state index in [0.717, 1.165) is 75.5 Å². The van der Waals surface area contributed by atoms with E-state index in [1.807, 2.05) is 0 Å². The minimum absolute atomic E-state index is 0.0642. The molecule has 380 valence electrons. The molecule has 1 unspecified atom stereocenters. The van der Waals surface area contributed by atoms with Crippen molar-refractivity contribution < 1.29 is 28.6 Å². The van der Waals surface area contributed by atoms with E-state index in [4.69, 9.17) is 14.2 Å². The highest BCUT2D eigenvalue weighted by Gasteiger charge is 2.19. The van der Waals surface area contributed by atoms with E-state index < -0.39 is 6.10 Å². The molecule has 0 saturated carbocycles. The van der Waals surface area contributed by atoms with E-state index in [-0.39, 0.29) is 31.1 Å². The van der Waals surface area contributed by atoms with Gasteiger partial charge >= 0.3 is 17.9 Å². The number of carbonyl (C=O) groups is 3. The summed E-state index contributed by atoms with van der Waals surface area (Å²) in [6.07, 6.45) is 51.0. The van der Waals surface area contributed by atoms with Gasteiger partial charge < -0.3 is 14.2 Å². The molecule has 0 aromatic heterocycles. The molecule has 64 heavy (non-hydrogen) atoms. The zero-order valence-electron chi connectivity index (χ0n) is 44.1. The first-order valence-electron chi connectivity index (χ1n) is 28.6. The fourth-order valence-electron chi connectivity index (χ4n) is 8.79. The van der Waals surface area contributed by atoms with Gasteiger partial charge in [0.25, 0.3) is 0 Å². The fraction of sp³-hybridized carbons (Fsp3) is 0.948. The van der Waals surface area contributed by atoms with Crippen molar-refractivity contribution in [3.8, 4) is 0 Å². The van der Waals surface area contributed by atoms with Gasteiger partial charge in [0.15, 0.2) is 6.10 Å². The molecule has 0 N–H and O–H groups in total. The van der Waals surface area contributed by atoms with E-state index in [1.165, 1.54) is 199 Å². The van der Waals surface area contributed by atoms with E-state index in [1.54, 1.807) is 0 Å². The first-order valence-corrected chi connectivity index (χ1v) is 28.6. The summed E-state index contributed by atoms with van der Waals surface area (Å²) in [5.41, 5.74) is 0. The van der Waals surface area contributed by atoms with Crippen molar-refractivity contribution in [3.63, 3.8) is 0 Å². The monoisotopic (exact) mass is 905 g/mol. The summed E-state index contributed by atoms with van der Waals surface area (Å²) < 4.78 is 16.9. The molecule has 0 aliphatic heterocycles. The lowest BCUT2D eigenvalue weighted by Crippen LogP contribution is -2.30. The number of rotatable bonds is 51. The molecule has 0 aliphatic rings. The van der Waals surface area contributed by atoms with Crippen LogP contribution in [0.5, 0.6) is 0 Å². The second-order valence-electron chi connectivity index (χ2n) is 21.1. The molecule has 0 amide bonds. The molecule has 2 atom stereocenters. The maximum atomic E-state index is 12.8. The Morgan fingerprint density at radius 1 is 0.312 bits per heavy atom. The fourth-order valence-corrected chi connectivity index (χ4v) is 8.79. The molecule has 0 aromatic rings. The van der Waals surface area contributed by atoms with Crippen molar-refractivity contribution in [2.45, 2.75) is 324 Å². The van der Waals surface area contributed by atoms with Crippen LogP contribution in [0.1, 0.15) is 318 Å². The summed E-state index contributed by atoms with van der Waals surface area (Å²) in [5.74, 6) is 1.66. The second kappa shape index (κ2) is 49.3. The van der Waals surface area contributed by atoms with Gasteiger partial charge in [-0.3, -0.25) is 14.4 Å². The Kier molecular flexibility index (Phi) is 48.1. The van der Waals surface area contributed by atoms with Gasteiger partial charge in [0.1, 0.15) is 13.2 Å². The Morgan fingerprint density at radius 2 is 0.547 bits per heavy atom. The lowest BCUT2D eigenvalue weighted by atomic mass is 10.00. The third-order valence-corrected chi connectivity index (χ3v) is 13.5. The average molecular weight is 906 g/mol. The van der Waals surface area contributed by atoms with Crippen molar-refractivity contribution in [1.29, 1.82) is 0 Å². The third kappa shape index (κ3) is 49.8. The number of carbonyl (C=O) groups excluding carboxylic acids is 3. The molecular weight excluding hydrogens is 793 g/mol. The van der Waals surface area contributed by atoms with Gasteiger partial charge in [0.05, 0.1) is 0 Å². The van der Waals surface area contributed by atoms with Crippen molar-refractivity contribution in [3.05, 3.63) is 0 Å². The highest BCUT2D eigenvalue weighted by atomic mass is 16.6. The first-order chi connectivity index (χ1) is 31.1. The van der Waals surface area contributed by atoms with Crippen LogP contribution in [0.3, 0.4) is 0 Å². The zero-order chi connectivity index (χ0) is 47.0. The molecule has 0 spiro atoms. The van der Waals surface area contributed by atoms with Gasteiger partial charge in [-0.05, 0) is 37.0 Å². The van der Waals surface area contributed by atoms with E-state index in [9.17, 15) is 14.4 Å². The summed E-state index contributed by atoms with van der Waals surface area (Å²) >= 11 is 0. The summed E-state index contributed by atoms with van der Waals surface area (Å²) in [5, 5.41) is 0. The van der Waals surface area contributed by atoms with Crippen LogP contribution in [0.25, 0.3) is 0 Å². The van der Waals surface area contributed by atoms with Crippen LogP contribution < -0.4 is 0 Å². The SMILES string of the molecule is CCC(C)CCCCCCCCC(=O)OC[C@@H](COC(=O)CCCCCCCCCCCCCCCCCCC(C)C)OC(=O)CCCCCCCCCCCCCCCCC(C)C. The molecule has 0 saturated heterocycles. The molecule has 0 fully saturated rings. The number of hydrogen-bond acceptors (Lipinski definition) is 6. The van der Waals surface area contributed by atoms with Gasteiger partial charge in [-0.15, -0.1) is 0 Å². The minimum Gasteiger partial charge on any atom is -0.462 e. The Hall–Kier alpha value is -1.59. The molecular formula is C58H112O6. The van der Waals surface area contributed by atoms with Crippen LogP contribution in [0, 0.1) is 17.8 Å². The zero-order valence-corrected chi connectivity index (χ0v) is 44.1. The van der Waals surface area contributed by atoms with Crippen LogP contribution in [0.4, 0.5) is 0 Å². The normalized spacial score (nSPS) is 12.6. The number of unbranched alkanes of at least 4 members (excludes halogenated alkanes) is 33. The first kappa shape index (κ1) is 62.4. The van der Waals surface area contributed by atoms with Crippen molar-refractivity contribution in [1.82, 2.24) is 0 Å². The summed E-state index contributed by atoms with van der Waals surface area (Å²) in [7, 11) is 0. The molecule has 0 aliphatic carbocycles. The van der Waals surface area contributed by atoms with Gasteiger partial charge in [-0.2, -0.15) is 0 Å². The van der Waals surface area contributed by atoms with Gasteiger partial charge in [0.2, 0.25) is 0 Å². The number of hydrogen-bond donors (Lipinski definition) is 0. The van der Waals surface area contributed by atoms with Crippen LogP contribution in [0.2, 0.25) is 0 Å². The topological polar surface area (TPSA) is 78.9 Å². The Labute approximate surface area is 399 Å². The summed E-state index contributed by atoms with van der Waals surface area (Å²) in [6.45, 7) is 13.7. The minimum atomic E-state index is -0.764. The van der Waals surface area contributed by atoms with Crippen molar-refractivity contribution in [2.24, 2.45) is 17.8 Å². The van der Waals surface area contributed by atoms with Gasteiger partial charge in [0, 0.05) is 19.3 Å². The Balaban J connectivity index is 4.25. The molecule has 0 radical (unpaired) electrons. The van der Waals surface area contributed by atoms with Crippen LogP contribution in [-0.4, -0.2) is 37.2 Å². The van der Waals surface area contributed by atoms with Crippen LogP contribution in [0.15, 0.2) is 0 Å². The van der Waals surface area contributed by atoms with Crippen LogP contribution >= 0.6 is 0 Å². The third-order valence-electron chi connectivity index (χ3n) is 13.5. The standard InChI is InChI=1S/C58H112O6/c1-7-54(6)46-40-34-30-31-36-42-48-57(60)63-51-55(64-58(61)49-43-37-29-25-21-17-13-12-15-19-23-27-33-39-45-53(4)5)50-62-56(59)47-41-35-28-24-20-16-11-9-8-10-14-18-22-26-32-38-44-52(2)3/h52-55H,7-51H2,1-6H3/t54?,55-/m1/s1. The number of ether oxygens (including phenoxy) is 3. The molecule has 6 heteroatoms. The molecule has 0 bridgehead atoms. The largest absolute Gasteiger partial charge is 0.462 e. The van der Waals surface area contributed by atoms with Gasteiger partial charge in [-0.1, -0.05) is 279 Å². The second-order valence-corrected chi connectivity index (χ2v) is 21.1. The highest BCUT2D eigenvalue weighted by molar-refractivity contribution is 5.71. The van der Waals surface area contributed by atoms with E-state index >= 15 is 0 Å². The van der Waals surface area contributed by atoms with Crippen molar-refractivity contribution in [2.75, 3.05) is 13.2 Å². The maximum absolute atomic E-state index is 12.8. The average Bonchev–Trinajstić information content (AvgIpc) is 3.27. The summed E-state index contributed by atoms with van der Waals surface area (Å²) in [4.78, 5) is 38.1. The highest BCUT2D eigenvalue weighted by Crippen LogP contribution is 2.19. The molecule has 0 heterocycles. The lowest BCUT2D eigenvalue weighted by molar-refractivity contribution is -0.167. The Bertz CT molecular complexity index is 993. The molecule has 0 aromatic carbocycles. The smallest absolute Gasteiger partial charge is 0.306 e. The quantitative estimate of drug-likeness (QED) is 0.0344. The van der Waals surface area contributed by atoms with Crippen LogP contribution in [-0.2, 0) is 28.6 Å². The molecule has 6 nitrogen and oxygen atoms in total. The van der Waals surface area contributed by atoms with Crippen molar-refractivity contribution >= 4 is 17.9 Å². The predicted octanol–water partition coefficient (Wildman–Crippen LogP) is 18.7. The van der Waals surface area contributed by atoms with Gasteiger partial charge in [-0.25, -0.2) is 0 Å². The Morgan fingerprint density at radius 3 is 0.812 bits per heavy atom. The maximum Gasteiger partial charge on any atom is 0.306 e. The predicted molar refractivity (Wildman–Crippen MR) is 275 cm³/mol. The van der Waals surface area contributed by atoms with E-state index in [2.05, 4.69) is 41.5 Å². The number of esters is 3. The van der Waals surface area contributed by atoms with E-state index in [0.29, 0.717) is 19.3 Å².